The van der Waals surface area contributed by atoms with Crippen molar-refractivity contribution < 1.29 is 22.7 Å². The largest absolute Gasteiger partial charge is 0.490 e. The van der Waals surface area contributed by atoms with Crippen molar-refractivity contribution in [2.24, 2.45) is 0 Å². The fraction of sp³-hybridized carbons (Fsp3) is 0.409. The molecule has 0 spiro atoms. The average molecular weight is 418 g/mol. The monoisotopic (exact) mass is 417 g/mol. The van der Waals surface area contributed by atoms with Gasteiger partial charge < -0.3 is 14.4 Å². The Bertz CT molecular complexity index is 943. The van der Waals surface area contributed by atoms with Gasteiger partial charge in [-0.1, -0.05) is 30.3 Å². The third-order valence-corrected chi connectivity index (χ3v) is 7.12. The van der Waals surface area contributed by atoms with Gasteiger partial charge in [0.05, 0.1) is 24.2 Å². The first-order valence-electron chi connectivity index (χ1n) is 9.91. The van der Waals surface area contributed by atoms with Crippen LogP contribution in [0.25, 0.3) is 0 Å². The van der Waals surface area contributed by atoms with Crippen LogP contribution in [-0.4, -0.2) is 51.3 Å². The highest BCUT2D eigenvalue weighted by Gasteiger charge is 2.33. The van der Waals surface area contributed by atoms with Crippen molar-refractivity contribution in [1.82, 2.24) is 4.90 Å². The Kier molecular flexibility index (Phi) is 6.79. The van der Waals surface area contributed by atoms with E-state index in [1.54, 1.807) is 23.1 Å². The van der Waals surface area contributed by atoms with Crippen molar-refractivity contribution in [3.05, 3.63) is 59.7 Å². The highest BCUT2D eigenvalue weighted by molar-refractivity contribution is 7.91. The molecule has 0 bridgehead atoms. The number of rotatable bonds is 6. The van der Waals surface area contributed by atoms with E-state index in [2.05, 4.69) is 0 Å². The molecule has 0 aromatic heterocycles. The molecule has 29 heavy (non-hydrogen) atoms. The van der Waals surface area contributed by atoms with Crippen molar-refractivity contribution in [2.45, 2.75) is 25.5 Å². The standard InChI is InChI=1S/C22H27NO5S/c1-3-27-19-11-10-18(16-20(19)28-4-2)22(24)23-13-12-21(29(25,26)15-14-23)17-8-6-5-7-9-17/h5-11,16,21H,3-4,12-15H2,1-2H3. The van der Waals surface area contributed by atoms with Gasteiger partial charge in [0.2, 0.25) is 0 Å². The lowest BCUT2D eigenvalue weighted by molar-refractivity contribution is 0.0766. The second-order valence-corrected chi connectivity index (χ2v) is 9.18. The van der Waals surface area contributed by atoms with Gasteiger partial charge >= 0.3 is 0 Å². The number of hydrogen-bond acceptors (Lipinski definition) is 5. The molecule has 2 aromatic rings. The normalized spacial score (nSPS) is 18.7. The number of amides is 1. The van der Waals surface area contributed by atoms with Gasteiger partial charge in [-0.3, -0.25) is 4.79 Å². The van der Waals surface area contributed by atoms with E-state index in [0.29, 0.717) is 43.2 Å². The van der Waals surface area contributed by atoms with Crippen molar-refractivity contribution in [1.29, 1.82) is 0 Å². The van der Waals surface area contributed by atoms with Crippen LogP contribution in [0.2, 0.25) is 0 Å². The molecule has 1 aliphatic heterocycles. The molecule has 0 saturated carbocycles. The summed E-state index contributed by atoms with van der Waals surface area (Å²) in [5, 5.41) is -0.583. The molecule has 156 valence electrons. The predicted molar refractivity (Wildman–Crippen MR) is 112 cm³/mol. The molecule has 1 heterocycles. The molecule has 1 aliphatic rings. The SMILES string of the molecule is CCOc1ccc(C(=O)N2CCC(c3ccccc3)S(=O)(=O)CC2)cc1OCC. The predicted octanol–water partition coefficient (Wildman–Crippen LogP) is 3.49. The van der Waals surface area contributed by atoms with Crippen LogP contribution < -0.4 is 9.47 Å². The molecule has 1 unspecified atom stereocenters. The number of carbonyl (C=O) groups excluding carboxylic acids is 1. The first kappa shape index (κ1) is 21.2. The van der Waals surface area contributed by atoms with E-state index < -0.39 is 15.1 Å². The molecule has 6 nitrogen and oxygen atoms in total. The maximum atomic E-state index is 13.1. The summed E-state index contributed by atoms with van der Waals surface area (Å²) < 4.78 is 36.7. The van der Waals surface area contributed by atoms with Crippen molar-refractivity contribution in [3.8, 4) is 11.5 Å². The third-order valence-electron chi connectivity index (χ3n) is 4.99. The summed E-state index contributed by atoms with van der Waals surface area (Å²) in [6.07, 6.45) is 0.382. The zero-order valence-corrected chi connectivity index (χ0v) is 17.7. The van der Waals surface area contributed by atoms with Gasteiger partial charge in [0.1, 0.15) is 0 Å². The number of ether oxygens (including phenoxy) is 2. The van der Waals surface area contributed by atoms with Crippen LogP contribution in [0.4, 0.5) is 0 Å². The second kappa shape index (κ2) is 9.31. The first-order valence-corrected chi connectivity index (χ1v) is 11.6. The lowest BCUT2D eigenvalue weighted by atomic mass is 10.1. The van der Waals surface area contributed by atoms with Crippen molar-refractivity contribution in [2.75, 3.05) is 32.1 Å². The lowest BCUT2D eigenvalue weighted by Crippen LogP contribution is -2.33. The van der Waals surface area contributed by atoms with Crippen LogP contribution >= 0.6 is 0 Å². The van der Waals surface area contributed by atoms with Crippen LogP contribution in [0.1, 0.15) is 41.4 Å². The lowest BCUT2D eigenvalue weighted by Gasteiger charge is -2.21. The number of sulfone groups is 1. The Morgan fingerprint density at radius 1 is 1.00 bits per heavy atom. The fourth-order valence-electron chi connectivity index (χ4n) is 3.56. The number of carbonyl (C=O) groups is 1. The van der Waals surface area contributed by atoms with E-state index in [4.69, 9.17) is 9.47 Å². The van der Waals surface area contributed by atoms with Crippen LogP contribution in [0.5, 0.6) is 11.5 Å². The number of benzene rings is 2. The minimum Gasteiger partial charge on any atom is -0.490 e. The van der Waals surface area contributed by atoms with Crippen LogP contribution in [0.3, 0.4) is 0 Å². The Morgan fingerprint density at radius 2 is 1.69 bits per heavy atom. The minimum atomic E-state index is -3.33. The molecule has 3 rings (SSSR count). The Balaban J connectivity index is 1.81. The molecule has 0 radical (unpaired) electrons. The summed E-state index contributed by atoms with van der Waals surface area (Å²) in [5.41, 5.74) is 1.24. The zero-order chi connectivity index (χ0) is 20.9. The Labute approximate surface area is 172 Å². The zero-order valence-electron chi connectivity index (χ0n) is 16.8. The smallest absolute Gasteiger partial charge is 0.254 e. The molecule has 1 atom stereocenters. The molecule has 1 amide bonds. The quantitative estimate of drug-likeness (QED) is 0.719. The van der Waals surface area contributed by atoms with Gasteiger partial charge in [-0.15, -0.1) is 0 Å². The maximum Gasteiger partial charge on any atom is 0.254 e. The number of nitrogens with zero attached hydrogens (tertiary/aromatic N) is 1. The Hall–Kier alpha value is -2.54. The summed E-state index contributed by atoms with van der Waals surface area (Å²) in [7, 11) is -3.33. The van der Waals surface area contributed by atoms with Gasteiger partial charge in [0.25, 0.3) is 5.91 Å². The molecular formula is C22H27NO5S. The van der Waals surface area contributed by atoms with E-state index in [-0.39, 0.29) is 18.2 Å². The average Bonchev–Trinajstić information content (AvgIpc) is 2.87. The molecule has 2 aromatic carbocycles. The summed E-state index contributed by atoms with van der Waals surface area (Å²) >= 11 is 0. The first-order chi connectivity index (χ1) is 14.0. The van der Waals surface area contributed by atoms with Gasteiger partial charge in [-0.25, -0.2) is 8.42 Å². The van der Waals surface area contributed by atoms with E-state index in [9.17, 15) is 13.2 Å². The van der Waals surface area contributed by atoms with E-state index in [1.165, 1.54) is 0 Å². The van der Waals surface area contributed by atoms with E-state index in [1.807, 2.05) is 44.2 Å². The highest BCUT2D eigenvalue weighted by atomic mass is 32.2. The topological polar surface area (TPSA) is 72.9 Å². The Morgan fingerprint density at radius 3 is 2.38 bits per heavy atom. The van der Waals surface area contributed by atoms with Crippen LogP contribution in [-0.2, 0) is 9.84 Å². The van der Waals surface area contributed by atoms with Gasteiger partial charge in [0.15, 0.2) is 21.3 Å². The second-order valence-electron chi connectivity index (χ2n) is 6.87. The van der Waals surface area contributed by atoms with Crippen LogP contribution in [0, 0.1) is 0 Å². The summed E-state index contributed by atoms with van der Waals surface area (Å²) in [6, 6.07) is 14.3. The summed E-state index contributed by atoms with van der Waals surface area (Å²) in [6.45, 7) is 5.27. The summed E-state index contributed by atoms with van der Waals surface area (Å²) in [4.78, 5) is 14.7. The van der Waals surface area contributed by atoms with E-state index >= 15 is 0 Å². The third kappa shape index (κ3) is 4.90. The molecule has 0 aliphatic carbocycles. The molecule has 1 saturated heterocycles. The van der Waals surface area contributed by atoms with E-state index in [0.717, 1.165) is 5.56 Å². The maximum absolute atomic E-state index is 13.1. The molecule has 7 heteroatoms. The molecule has 0 N–H and O–H groups in total. The minimum absolute atomic E-state index is 0.0480. The van der Waals surface area contributed by atoms with Gasteiger partial charge in [-0.2, -0.15) is 0 Å². The highest BCUT2D eigenvalue weighted by Crippen LogP contribution is 2.31. The van der Waals surface area contributed by atoms with Crippen molar-refractivity contribution >= 4 is 15.7 Å². The van der Waals surface area contributed by atoms with Gasteiger partial charge in [0, 0.05) is 18.7 Å². The van der Waals surface area contributed by atoms with Crippen molar-refractivity contribution in [3.63, 3.8) is 0 Å². The fourth-order valence-corrected chi connectivity index (χ4v) is 5.35. The number of hydrogen-bond donors (Lipinski definition) is 0. The molecule has 1 fully saturated rings. The molecular weight excluding hydrogens is 390 g/mol. The summed E-state index contributed by atoms with van der Waals surface area (Å²) in [5.74, 6) is 0.865. The van der Waals surface area contributed by atoms with Gasteiger partial charge in [-0.05, 0) is 44.0 Å². The van der Waals surface area contributed by atoms with Crippen LogP contribution in [0.15, 0.2) is 48.5 Å².